The fourth-order valence-corrected chi connectivity index (χ4v) is 3.46. The number of para-hydroxylation sites is 1. The first-order valence-electron chi connectivity index (χ1n) is 10.9. The van der Waals surface area contributed by atoms with E-state index < -0.39 is 6.04 Å². The van der Waals surface area contributed by atoms with Crippen molar-refractivity contribution < 1.29 is 14.4 Å². The highest BCUT2D eigenvalue weighted by atomic mass is 16.2. The molecule has 3 N–H and O–H groups in total. The summed E-state index contributed by atoms with van der Waals surface area (Å²) < 4.78 is 0. The minimum atomic E-state index is -0.742. The van der Waals surface area contributed by atoms with Gasteiger partial charge in [-0.1, -0.05) is 68.4 Å². The van der Waals surface area contributed by atoms with Gasteiger partial charge >= 0.3 is 0 Å². The van der Waals surface area contributed by atoms with Crippen molar-refractivity contribution in [3.8, 4) is 0 Å². The Labute approximate surface area is 194 Å². The number of benzene rings is 3. The Bertz CT molecular complexity index is 1130. The number of nitrogens with one attached hydrogen (secondary N) is 3. The molecule has 3 amide bonds. The van der Waals surface area contributed by atoms with Crippen molar-refractivity contribution in [1.29, 1.82) is 0 Å². The SMILES string of the molecule is Cc1cccc(NC(=O)c2ccccc2NC(=O)C(NC(=O)Cc2ccccc2)C(C)C)c1. The van der Waals surface area contributed by atoms with Crippen LogP contribution in [0.2, 0.25) is 0 Å². The Morgan fingerprint density at radius 1 is 0.818 bits per heavy atom. The van der Waals surface area contributed by atoms with Crippen LogP contribution in [0.4, 0.5) is 11.4 Å². The molecule has 3 aromatic carbocycles. The first-order valence-corrected chi connectivity index (χ1v) is 10.9. The molecule has 6 nitrogen and oxygen atoms in total. The number of anilines is 2. The van der Waals surface area contributed by atoms with Crippen molar-refractivity contribution in [1.82, 2.24) is 5.32 Å². The van der Waals surface area contributed by atoms with Crippen LogP contribution in [0.3, 0.4) is 0 Å². The molecule has 0 saturated heterocycles. The van der Waals surface area contributed by atoms with Crippen LogP contribution in [-0.2, 0) is 16.0 Å². The van der Waals surface area contributed by atoms with Crippen LogP contribution in [0.5, 0.6) is 0 Å². The number of hydrogen-bond donors (Lipinski definition) is 3. The molecule has 0 aromatic heterocycles. The van der Waals surface area contributed by atoms with Crippen LogP contribution >= 0.6 is 0 Å². The maximum Gasteiger partial charge on any atom is 0.257 e. The lowest BCUT2D eigenvalue weighted by molar-refractivity contribution is -0.127. The predicted molar refractivity (Wildman–Crippen MR) is 131 cm³/mol. The van der Waals surface area contributed by atoms with Crippen LogP contribution in [0.15, 0.2) is 78.9 Å². The molecule has 0 fully saturated rings. The summed E-state index contributed by atoms with van der Waals surface area (Å²) in [5.41, 5.74) is 3.30. The molecule has 0 spiro atoms. The Kier molecular flexibility index (Phi) is 7.97. The molecule has 170 valence electrons. The van der Waals surface area contributed by atoms with E-state index in [1.807, 2.05) is 75.4 Å². The van der Waals surface area contributed by atoms with E-state index >= 15 is 0 Å². The molecule has 0 aliphatic rings. The van der Waals surface area contributed by atoms with Crippen LogP contribution < -0.4 is 16.0 Å². The summed E-state index contributed by atoms with van der Waals surface area (Å²) in [6.45, 7) is 5.68. The molecule has 0 bridgehead atoms. The topological polar surface area (TPSA) is 87.3 Å². The van der Waals surface area contributed by atoms with Crippen molar-refractivity contribution in [3.63, 3.8) is 0 Å². The van der Waals surface area contributed by atoms with E-state index in [0.717, 1.165) is 11.1 Å². The molecule has 0 heterocycles. The van der Waals surface area contributed by atoms with Gasteiger partial charge in [-0.05, 0) is 48.2 Å². The van der Waals surface area contributed by atoms with Gasteiger partial charge in [-0.15, -0.1) is 0 Å². The Hall–Kier alpha value is -3.93. The molecule has 0 aliphatic carbocycles. The normalized spacial score (nSPS) is 11.5. The highest BCUT2D eigenvalue weighted by molar-refractivity contribution is 6.10. The molecule has 3 aromatic rings. The van der Waals surface area contributed by atoms with E-state index in [4.69, 9.17) is 0 Å². The van der Waals surface area contributed by atoms with Crippen molar-refractivity contribution in [3.05, 3.63) is 95.6 Å². The minimum absolute atomic E-state index is 0.141. The lowest BCUT2D eigenvalue weighted by Crippen LogP contribution is -2.47. The predicted octanol–water partition coefficient (Wildman–Crippen LogP) is 4.57. The summed E-state index contributed by atoms with van der Waals surface area (Å²) in [5.74, 6) is -1.08. The molecule has 0 aliphatic heterocycles. The first kappa shape index (κ1) is 23.7. The minimum Gasteiger partial charge on any atom is -0.344 e. The van der Waals surface area contributed by atoms with Crippen LogP contribution in [0, 0.1) is 12.8 Å². The van der Waals surface area contributed by atoms with Crippen LogP contribution in [0.25, 0.3) is 0 Å². The van der Waals surface area contributed by atoms with Crippen molar-refractivity contribution in [2.24, 2.45) is 5.92 Å². The highest BCUT2D eigenvalue weighted by Crippen LogP contribution is 2.19. The molecule has 1 unspecified atom stereocenters. The molecule has 0 radical (unpaired) electrons. The van der Waals surface area contributed by atoms with E-state index in [1.165, 1.54) is 0 Å². The molecular formula is C27H29N3O3. The average molecular weight is 444 g/mol. The van der Waals surface area contributed by atoms with Crippen molar-refractivity contribution in [2.75, 3.05) is 10.6 Å². The third-order valence-electron chi connectivity index (χ3n) is 5.18. The molecule has 6 heteroatoms. The third kappa shape index (κ3) is 6.77. The zero-order valence-corrected chi connectivity index (χ0v) is 19.1. The highest BCUT2D eigenvalue weighted by Gasteiger charge is 2.25. The van der Waals surface area contributed by atoms with Gasteiger partial charge in [0.2, 0.25) is 11.8 Å². The second-order valence-corrected chi connectivity index (χ2v) is 8.31. The van der Waals surface area contributed by atoms with Gasteiger partial charge in [-0.3, -0.25) is 14.4 Å². The van der Waals surface area contributed by atoms with Gasteiger partial charge in [0.25, 0.3) is 5.91 Å². The Morgan fingerprint density at radius 3 is 2.21 bits per heavy atom. The molecule has 0 saturated carbocycles. The number of aryl methyl sites for hydroxylation is 1. The molecule has 33 heavy (non-hydrogen) atoms. The summed E-state index contributed by atoms with van der Waals surface area (Å²) in [4.78, 5) is 38.5. The maximum absolute atomic E-state index is 13.1. The fourth-order valence-electron chi connectivity index (χ4n) is 3.46. The fraction of sp³-hybridized carbons (Fsp3) is 0.222. The van der Waals surface area contributed by atoms with Gasteiger partial charge in [0.15, 0.2) is 0 Å². The van der Waals surface area contributed by atoms with Crippen LogP contribution in [0.1, 0.15) is 35.3 Å². The number of hydrogen-bond acceptors (Lipinski definition) is 3. The smallest absolute Gasteiger partial charge is 0.257 e. The lowest BCUT2D eigenvalue weighted by Gasteiger charge is -2.22. The summed E-state index contributed by atoms with van der Waals surface area (Å²) in [6.07, 6.45) is 0.187. The van der Waals surface area contributed by atoms with Crippen molar-refractivity contribution >= 4 is 29.1 Å². The van der Waals surface area contributed by atoms with E-state index in [2.05, 4.69) is 16.0 Å². The van der Waals surface area contributed by atoms with Gasteiger partial charge in [0, 0.05) is 5.69 Å². The van der Waals surface area contributed by atoms with Gasteiger partial charge in [0.05, 0.1) is 17.7 Å². The third-order valence-corrected chi connectivity index (χ3v) is 5.18. The number of carbonyl (C=O) groups is 3. The summed E-state index contributed by atoms with van der Waals surface area (Å²) in [5, 5.41) is 8.52. The summed E-state index contributed by atoms with van der Waals surface area (Å²) in [7, 11) is 0. The monoisotopic (exact) mass is 443 g/mol. The Balaban J connectivity index is 1.71. The maximum atomic E-state index is 13.1. The van der Waals surface area contributed by atoms with E-state index in [0.29, 0.717) is 16.9 Å². The second kappa shape index (κ2) is 11.1. The lowest BCUT2D eigenvalue weighted by atomic mass is 10.0. The number of carbonyl (C=O) groups excluding carboxylic acids is 3. The summed E-state index contributed by atoms with van der Waals surface area (Å²) in [6, 6.07) is 22.9. The quantitative estimate of drug-likeness (QED) is 0.477. The molecular weight excluding hydrogens is 414 g/mol. The molecule has 1 atom stereocenters. The van der Waals surface area contributed by atoms with Gasteiger partial charge in [-0.25, -0.2) is 0 Å². The van der Waals surface area contributed by atoms with E-state index in [-0.39, 0.29) is 30.1 Å². The molecule has 3 rings (SSSR count). The van der Waals surface area contributed by atoms with E-state index in [1.54, 1.807) is 24.3 Å². The Morgan fingerprint density at radius 2 is 1.52 bits per heavy atom. The second-order valence-electron chi connectivity index (χ2n) is 8.31. The average Bonchev–Trinajstić information content (AvgIpc) is 2.78. The zero-order valence-electron chi connectivity index (χ0n) is 19.1. The van der Waals surface area contributed by atoms with E-state index in [9.17, 15) is 14.4 Å². The first-order chi connectivity index (χ1) is 15.8. The summed E-state index contributed by atoms with van der Waals surface area (Å²) >= 11 is 0. The zero-order chi connectivity index (χ0) is 23.8. The van der Waals surface area contributed by atoms with Gasteiger partial charge in [0.1, 0.15) is 6.04 Å². The number of amides is 3. The largest absolute Gasteiger partial charge is 0.344 e. The van der Waals surface area contributed by atoms with Gasteiger partial charge in [-0.2, -0.15) is 0 Å². The van der Waals surface area contributed by atoms with Crippen molar-refractivity contribution in [2.45, 2.75) is 33.2 Å². The number of rotatable bonds is 8. The van der Waals surface area contributed by atoms with Gasteiger partial charge < -0.3 is 16.0 Å². The van der Waals surface area contributed by atoms with Crippen LogP contribution in [-0.4, -0.2) is 23.8 Å². The standard InChI is InChI=1S/C27H29N3O3/c1-18(2)25(30-24(31)17-20-11-5-4-6-12-20)27(33)29-23-15-8-7-14-22(23)26(32)28-21-13-9-10-19(3)16-21/h4-16,18,25H,17H2,1-3H3,(H,28,32)(H,29,33)(H,30,31).